The summed E-state index contributed by atoms with van der Waals surface area (Å²) in [6.07, 6.45) is -2.22. The Labute approximate surface area is 138 Å². The van der Waals surface area contributed by atoms with Gasteiger partial charge in [-0.05, 0) is 24.1 Å². The lowest BCUT2D eigenvalue weighted by atomic mass is 10.2. The first-order valence-corrected chi connectivity index (χ1v) is 7.49. The predicted molar refractivity (Wildman–Crippen MR) is 86.0 cm³/mol. The van der Waals surface area contributed by atoms with Crippen LogP contribution in [0.2, 0.25) is 0 Å². The van der Waals surface area contributed by atoms with Crippen LogP contribution in [0.5, 0.6) is 5.75 Å². The summed E-state index contributed by atoms with van der Waals surface area (Å²) in [6, 6.07) is 7.61. The van der Waals surface area contributed by atoms with Crippen LogP contribution in [0.1, 0.15) is 18.9 Å². The van der Waals surface area contributed by atoms with Crippen molar-refractivity contribution in [3.8, 4) is 5.75 Å². The molecule has 24 heavy (non-hydrogen) atoms. The number of alkyl halides is 3. The normalized spacial score (nSPS) is 11.2. The van der Waals surface area contributed by atoms with Gasteiger partial charge in [-0.25, -0.2) is 9.97 Å². The third-order valence-corrected chi connectivity index (χ3v) is 3.18. The summed E-state index contributed by atoms with van der Waals surface area (Å²) >= 11 is 0. The van der Waals surface area contributed by atoms with E-state index in [-0.39, 0.29) is 5.75 Å². The highest BCUT2D eigenvalue weighted by atomic mass is 19.4. The van der Waals surface area contributed by atoms with Crippen molar-refractivity contribution in [1.29, 1.82) is 0 Å². The largest absolute Gasteiger partial charge is 0.573 e. The minimum absolute atomic E-state index is 0.234. The van der Waals surface area contributed by atoms with Crippen LogP contribution >= 0.6 is 0 Å². The van der Waals surface area contributed by atoms with Gasteiger partial charge in [0.2, 0.25) is 0 Å². The lowest BCUT2D eigenvalue weighted by Gasteiger charge is -2.19. The van der Waals surface area contributed by atoms with Crippen LogP contribution in [0, 0.1) is 0 Å². The fourth-order valence-corrected chi connectivity index (χ4v) is 2.06. The second-order valence-electron chi connectivity index (χ2n) is 5.24. The maximum atomic E-state index is 12.1. The van der Waals surface area contributed by atoms with Crippen molar-refractivity contribution in [3.63, 3.8) is 0 Å². The molecule has 0 aliphatic heterocycles. The van der Waals surface area contributed by atoms with Gasteiger partial charge in [0, 0.05) is 26.2 Å². The molecule has 130 valence electrons. The molecule has 0 aliphatic carbocycles. The second kappa shape index (κ2) is 7.85. The first-order chi connectivity index (χ1) is 11.4. The van der Waals surface area contributed by atoms with Gasteiger partial charge in [-0.3, -0.25) is 0 Å². The number of nitrogens with one attached hydrogen (secondary N) is 1. The third kappa shape index (κ3) is 5.60. The second-order valence-corrected chi connectivity index (χ2v) is 5.24. The number of aromatic nitrogens is 2. The minimum atomic E-state index is -4.68. The lowest BCUT2D eigenvalue weighted by Crippen LogP contribution is -2.19. The van der Waals surface area contributed by atoms with Crippen LogP contribution in [-0.4, -0.2) is 29.9 Å². The van der Waals surface area contributed by atoms with Gasteiger partial charge in [0.15, 0.2) is 0 Å². The number of rotatable bonds is 7. The molecule has 0 unspecified atom stereocenters. The molecule has 1 aromatic carbocycles. The summed E-state index contributed by atoms with van der Waals surface area (Å²) < 4.78 is 40.3. The molecule has 1 heterocycles. The fourth-order valence-electron chi connectivity index (χ4n) is 2.06. The van der Waals surface area contributed by atoms with Crippen LogP contribution in [0.25, 0.3) is 0 Å². The highest BCUT2D eigenvalue weighted by Crippen LogP contribution is 2.23. The zero-order valence-corrected chi connectivity index (χ0v) is 13.5. The maximum absolute atomic E-state index is 12.1. The number of hydrogen-bond donors (Lipinski definition) is 1. The van der Waals surface area contributed by atoms with Gasteiger partial charge < -0.3 is 15.0 Å². The molecule has 0 fully saturated rings. The number of ether oxygens (including phenoxy) is 1. The third-order valence-electron chi connectivity index (χ3n) is 3.18. The van der Waals surface area contributed by atoms with Crippen LogP contribution < -0.4 is 15.0 Å². The van der Waals surface area contributed by atoms with Crippen molar-refractivity contribution in [2.75, 3.05) is 23.8 Å². The minimum Gasteiger partial charge on any atom is -0.406 e. The van der Waals surface area contributed by atoms with Gasteiger partial charge in [-0.1, -0.05) is 19.1 Å². The van der Waals surface area contributed by atoms with Crippen LogP contribution in [0.3, 0.4) is 0 Å². The zero-order chi connectivity index (χ0) is 17.6. The number of nitrogens with zero attached hydrogens (tertiary/aromatic N) is 3. The molecule has 0 amide bonds. The molecule has 0 saturated carbocycles. The molecule has 0 spiro atoms. The summed E-state index contributed by atoms with van der Waals surface area (Å²) in [5.41, 5.74) is 0.841. The van der Waals surface area contributed by atoms with Crippen molar-refractivity contribution in [2.45, 2.75) is 26.3 Å². The molecule has 1 N–H and O–H groups in total. The van der Waals surface area contributed by atoms with Crippen molar-refractivity contribution in [3.05, 3.63) is 42.2 Å². The Bertz CT molecular complexity index is 647. The molecule has 2 rings (SSSR count). The first-order valence-electron chi connectivity index (χ1n) is 7.49. The molecular formula is C16H19F3N4O. The standard InChI is InChI=1S/C16H19F3N4O/c1-3-8-20-14-9-15(22-11-21-14)23(2)10-12-4-6-13(7-5-12)24-16(17,18)19/h4-7,9,11H,3,8,10H2,1-2H3,(H,20,21,22). The number of anilines is 2. The van der Waals surface area contributed by atoms with E-state index in [4.69, 9.17) is 0 Å². The van der Waals surface area contributed by atoms with E-state index < -0.39 is 6.36 Å². The van der Waals surface area contributed by atoms with E-state index in [1.54, 1.807) is 12.1 Å². The quantitative estimate of drug-likeness (QED) is 0.830. The smallest absolute Gasteiger partial charge is 0.406 e. The molecule has 0 radical (unpaired) electrons. The number of benzene rings is 1. The van der Waals surface area contributed by atoms with Crippen LogP contribution in [0.4, 0.5) is 24.8 Å². The summed E-state index contributed by atoms with van der Waals surface area (Å²) in [5.74, 6) is 1.23. The Balaban J connectivity index is 2.00. The van der Waals surface area contributed by atoms with E-state index in [1.807, 2.05) is 18.0 Å². The SMILES string of the molecule is CCCNc1cc(N(C)Cc2ccc(OC(F)(F)F)cc2)ncn1. The molecule has 8 heteroatoms. The number of halogens is 3. The van der Waals surface area contributed by atoms with Crippen molar-refractivity contribution >= 4 is 11.6 Å². The Hall–Kier alpha value is -2.51. The monoisotopic (exact) mass is 340 g/mol. The molecular weight excluding hydrogens is 321 g/mol. The first kappa shape index (κ1) is 17.8. The molecule has 0 bridgehead atoms. The summed E-state index contributed by atoms with van der Waals surface area (Å²) in [4.78, 5) is 10.2. The van der Waals surface area contributed by atoms with E-state index in [0.29, 0.717) is 6.54 Å². The topological polar surface area (TPSA) is 50.3 Å². The highest BCUT2D eigenvalue weighted by Gasteiger charge is 2.30. The van der Waals surface area contributed by atoms with Crippen molar-refractivity contribution < 1.29 is 17.9 Å². The van der Waals surface area contributed by atoms with Crippen molar-refractivity contribution in [2.24, 2.45) is 0 Å². The summed E-state index contributed by atoms with van der Waals surface area (Å²) in [5, 5.41) is 3.18. The van der Waals surface area contributed by atoms with Gasteiger partial charge >= 0.3 is 6.36 Å². The average Bonchev–Trinajstić information content (AvgIpc) is 2.53. The van der Waals surface area contributed by atoms with Gasteiger partial charge in [0.25, 0.3) is 0 Å². The molecule has 5 nitrogen and oxygen atoms in total. The molecule has 1 aromatic heterocycles. The van der Waals surface area contributed by atoms with Crippen LogP contribution in [0.15, 0.2) is 36.7 Å². The molecule has 0 atom stereocenters. The average molecular weight is 340 g/mol. The fraction of sp³-hybridized carbons (Fsp3) is 0.375. The lowest BCUT2D eigenvalue weighted by molar-refractivity contribution is -0.274. The van der Waals surface area contributed by atoms with E-state index in [2.05, 4.69) is 26.9 Å². The van der Waals surface area contributed by atoms with E-state index in [0.717, 1.165) is 30.2 Å². The van der Waals surface area contributed by atoms with Crippen molar-refractivity contribution in [1.82, 2.24) is 9.97 Å². The van der Waals surface area contributed by atoms with Crippen LogP contribution in [-0.2, 0) is 6.54 Å². The van der Waals surface area contributed by atoms with E-state index >= 15 is 0 Å². The molecule has 0 aliphatic rings. The van der Waals surface area contributed by atoms with E-state index in [1.165, 1.54) is 18.5 Å². The Morgan fingerprint density at radius 2 is 1.88 bits per heavy atom. The highest BCUT2D eigenvalue weighted by molar-refractivity contribution is 5.48. The van der Waals surface area contributed by atoms with Gasteiger partial charge in [-0.2, -0.15) is 0 Å². The summed E-state index contributed by atoms with van der Waals surface area (Å²) in [7, 11) is 1.85. The van der Waals surface area contributed by atoms with Gasteiger partial charge in [0.05, 0.1) is 0 Å². The Kier molecular flexibility index (Phi) is 5.83. The predicted octanol–water partition coefficient (Wildman–Crippen LogP) is 3.83. The Morgan fingerprint density at radius 1 is 1.17 bits per heavy atom. The van der Waals surface area contributed by atoms with Gasteiger partial charge in [0.1, 0.15) is 23.7 Å². The number of hydrogen-bond acceptors (Lipinski definition) is 5. The summed E-state index contributed by atoms with van der Waals surface area (Å²) in [6.45, 7) is 3.38. The zero-order valence-electron chi connectivity index (χ0n) is 13.5. The maximum Gasteiger partial charge on any atom is 0.573 e. The molecule has 2 aromatic rings. The molecule has 0 saturated heterocycles. The Morgan fingerprint density at radius 3 is 2.50 bits per heavy atom. The van der Waals surface area contributed by atoms with E-state index in [9.17, 15) is 13.2 Å². The van der Waals surface area contributed by atoms with Gasteiger partial charge in [-0.15, -0.1) is 13.2 Å².